The Hall–Kier alpha value is -2.31. The van der Waals surface area contributed by atoms with Gasteiger partial charge >= 0.3 is 5.97 Å². The number of nitrogen functional groups attached to an aromatic ring is 1. The smallest absolute Gasteiger partial charge is 0.338 e. The number of pyridine rings is 1. The van der Waals surface area contributed by atoms with Crippen LogP contribution in [0.1, 0.15) is 30.1 Å². The Balaban J connectivity index is 2.11. The van der Waals surface area contributed by atoms with Gasteiger partial charge in [0.25, 0.3) is 0 Å². The lowest BCUT2D eigenvalue weighted by atomic mass is 9.99. The highest BCUT2D eigenvalue weighted by molar-refractivity contribution is 5.95. The Labute approximate surface area is 116 Å². The molecule has 2 aromatic heterocycles. The molecule has 1 fully saturated rings. The number of carboxylic acid groups (broad SMARTS) is 1. The van der Waals surface area contributed by atoms with Crippen molar-refractivity contribution in [1.82, 2.24) is 14.6 Å². The highest BCUT2D eigenvalue weighted by Gasteiger charge is 2.23. The zero-order valence-electron chi connectivity index (χ0n) is 11.3. The highest BCUT2D eigenvalue weighted by Crippen LogP contribution is 2.27. The van der Waals surface area contributed by atoms with Crippen LogP contribution in [0.15, 0.2) is 12.3 Å². The minimum Gasteiger partial charge on any atom is -0.478 e. The quantitative estimate of drug-likeness (QED) is 0.856. The van der Waals surface area contributed by atoms with Gasteiger partial charge in [-0.15, -0.1) is 5.10 Å². The van der Waals surface area contributed by atoms with Crippen LogP contribution in [0.2, 0.25) is 0 Å². The summed E-state index contributed by atoms with van der Waals surface area (Å²) < 4.78 is 1.54. The molecule has 1 saturated heterocycles. The van der Waals surface area contributed by atoms with Crippen LogP contribution in [0, 0.1) is 5.92 Å². The van der Waals surface area contributed by atoms with Crippen molar-refractivity contribution in [3.63, 3.8) is 0 Å². The maximum atomic E-state index is 11.5. The first-order valence-electron chi connectivity index (χ1n) is 6.68. The Morgan fingerprint density at radius 3 is 3.05 bits per heavy atom. The van der Waals surface area contributed by atoms with Crippen molar-refractivity contribution in [3.05, 3.63) is 17.8 Å². The SMILES string of the molecule is CC1CCCN(c2cn3nc(N)nc3cc2C(=O)O)C1. The van der Waals surface area contributed by atoms with Gasteiger partial charge in [0, 0.05) is 13.1 Å². The molecule has 0 radical (unpaired) electrons. The van der Waals surface area contributed by atoms with Gasteiger partial charge in [-0.3, -0.25) is 0 Å². The van der Waals surface area contributed by atoms with Crippen LogP contribution in [-0.4, -0.2) is 38.8 Å². The van der Waals surface area contributed by atoms with E-state index in [9.17, 15) is 9.90 Å². The number of hydrogen-bond acceptors (Lipinski definition) is 5. The van der Waals surface area contributed by atoms with E-state index < -0.39 is 5.97 Å². The molecule has 7 heteroatoms. The van der Waals surface area contributed by atoms with Gasteiger partial charge in [0.2, 0.25) is 5.95 Å². The lowest BCUT2D eigenvalue weighted by Crippen LogP contribution is -2.35. The standard InChI is InChI=1S/C13H17N5O2/c1-8-3-2-4-17(6-8)10-7-18-11(15-13(14)16-18)5-9(10)12(19)20/h5,7-8H,2-4,6H2,1H3,(H2,14,16)(H,19,20). The molecule has 3 heterocycles. The molecule has 106 valence electrons. The molecule has 3 rings (SSSR count). The van der Waals surface area contributed by atoms with Gasteiger partial charge in [0.15, 0.2) is 5.65 Å². The summed E-state index contributed by atoms with van der Waals surface area (Å²) in [6.07, 6.45) is 3.95. The van der Waals surface area contributed by atoms with Crippen molar-refractivity contribution in [2.24, 2.45) is 5.92 Å². The van der Waals surface area contributed by atoms with Crippen LogP contribution in [0.3, 0.4) is 0 Å². The maximum absolute atomic E-state index is 11.5. The number of anilines is 2. The molecule has 1 aliphatic rings. The van der Waals surface area contributed by atoms with E-state index in [0.29, 0.717) is 17.3 Å². The Kier molecular flexibility index (Phi) is 2.96. The first-order valence-corrected chi connectivity index (χ1v) is 6.68. The summed E-state index contributed by atoms with van der Waals surface area (Å²) in [5, 5.41) is 13.5. The minimum atomic E-state index is -0.956. The second-order valence-corrected chi connectivity index (χ2v) is 5.34. The largest absolute Gasteiger partial charge is 0.478 e. The van der Waals surface area contributed by atoms with Crippen molar-refractivity contribution < 1.29 is 9.90 Å². The monoisotopic (exact) mass is 275 g/mol. The molecule has 2 aromatic rings. The van der Waals surface area contributed by atoms with Gasteiger partial charge < -0.3 is 15.7 Å². The van der Waals surface area contributed by atoms with E-state index in [0.717, 1.165) is 19.5 Å². The molecule has 1 atom stereocenters. The van der Waals surface area contributed by atoms with Crippen LogP contribution in [-0.2, 0) is 0 Å². The number of nitrogens with zero attached hydrogens (tertiary/aromatic N) is 4. The van der Waals surface area contributed by atoms with E-state index in [1.54, 1.807) is 6.20 Å². The Morgan fingerprint density at radius 2 is 2.35 bits per heavy atom. The summed E-state index contributed by atoms with van der Waals surface area (Å²) in [5.74, 6) is -0.255. The number of fused-ring (bicyclic) bond motifs is 1. The van der Waals surface area contributed by atoms with Crippen LogP contribution in [0.5, 0.6) is 0 Å². The first-order chi connectivity index (χ1) is 9.54. The van der Waals surface area contributed by atoms with Crippen LogP contribution >= 0.6 is 0 Å². The third-order valence-corrected chi connectivity index (χ3v) is 3.70. The molecule has 0 bridgehead atoms. The lowest BCUT2D eigenvalue weighted by Gasteiger charge is -2.33. The van der Waals surface area contributed by atoms with Crippen molar-refractivity contribution >= 4 is 23.3 Å². The molecule has 0 aliphatic carbocycles. The summed E-state index contributed by atoms with van der Waals surface area (Å²) in [6, 6.07) is 1.53. The van der Waals surface area contributed by atoms with Gasteiger partial charge in [0.1, 0.15) is 0 Å². The molecule has 0 aromatic carbocycles. The molecule has 0 amide bonds. The Morgan fingerprint density at radius 1 is 1.55 bits per heavy atom. The molecule has 1 unspecified atom stereocenters. The second kappa shape index (κ2) is 4.66. The third-order valence-electron chi connectivity index (χ3n) is 3.70. The predicted octanol–water partition coefficient (Wildman–Crippen LogP) is 1.25. The van der Waals surface area contributed by atoms with Crippen molar-refractivity contribution in [3.8, 4) is 0 Å². The van der Waals surface area contributed by atoms with E-state index >= 15 is 0 Å². The van der Waals surface area contributed by atoms with Crippen LogP contribution < -0.4 is 10.6 Å². The summed E-state index contributed by atoms with van der Waals surface area (Å²) in [4.78, 5) is 17.6. The number of piperidine rings is 1. The molecule has 3 N–H and O–H groups in total. The van der Waals surface area contributed by atoms with E-state index in [4.69, 9.17) is 5.73 Å². The number of carbonyl (C=O) groups is 1. The van der Waals surface area contributed by atoms with Crippen molar-refractivity contribution in [2.45, 2.75) is 19.8 Å². The fourth-order valence-corrected chi connectivity index (χ4v) is 2.77. The normalized spacial score (nSPS) is 19.4. The summed E-state index contributed by atoms with van der Waals surface area (Å²) >= 11 is 0. The zero-order chi connectivity index (χ0) is 14.3. The molecule has 7 nitrogen and oxygen atoms in total. The topological polar surface area (TPSA) is 96.8 Å². The minimum absolute atomic E-state index is 0.144. The maximum Gasteiger partial charge on any atom is 0.338 e. The molecular formula is C13H17N5O2. The highest BCUT2D eigenvalue weighted by atomic mass is 16.4. The summed E-state index contributed by atoms with van der Waals surface area (Å²) in [6.45, 7) is 3.90. The Bertz CT molecular complexity index is 666. The zero-order valence-corrected chi connectivity index (χ0v) is 11.3. The number of aromatic carboxylic acids is 1. The fourth-order valence-electron chi connectivity index (χ4n) is 2.77. The first kappa shape index (κ1) is 12.7. The molecule has 20 heavy (non-hydrogen) atoms. The van der Waals surface area contributed by atoms with Crippen molar-refractivity contribution in [1.29, 1.82) is 0 Å². The van der Waals surface area contributed by atoms with Crippen molar-refractivity contribution in [2.75, 3.05) is 23.7 Å². The number of carboxylic acids is 1. The number of aromatic nitrogens is 3. The van der Waals surface area contributed by atoms with E-state index in [1.807, 2.05) is 0 Å². The summed E-state index contributed by atoms with van der Waals surface area (Å²) in [7, 11) is 0. The average Bonchev–Trinajstić information content (AvgIpc) is 2.76. The van der Waals surface area contributed by atoms with E-state index in [2.05, 4.69) is 21.9 Å². The molecule has 1 aliphatic heterocycles. The predicted molar refractivity (Wildman–Crippen MR) is 75.0 cm³/mol. The fraction of sp³-hybridized carbons (Fsp3) is 0.462. The van der Waals surface area contributed by atoms with Crippen LogP contribution in [0.25, 0.3) is 5.65 Å². The average molecular weight is 275 g/mol. The molecule has 0 spiro atoms. The third kappa shape index (κ3) is 2.15. The molecular weight excluding hydrogens is 258 g/mol. The second-order valence-electron chi connectivity index (χ2n) is 5.34. The van der Waals surface area contributed by atoms with E-state index in [1.165, 1.54) is 17.0 Å². The van der Waals surface area contributed by atoms with Gasteiger partial charge in [-0.05, 0) is 24.8 Å². The molecule has 0 saturated carbocycles. The number of nitrogens with two attached hydrogens (primary N) is 1. The van der Waals surface area contributed by atoms with E-state index in [-0.39, 0.29) is 11.5 Å². The number of rotatable bonds is 2. The lowest BCUT2D eigenvalue weighted by molar-refractivity contribution is 0.0697. The number of hydrogen-bond donors (Lipinski definition) is 2. The van der Waals surface area contributed by atoms with Gasteiger partial charge in [-0.1, -0.05) is 6.92 Å². The van der Waals surface area contributed by atoms with Gasteiger partial charge in [-0.2, -0.15) is 4.98 Å². The summed E-state index contributed by atoms with van der Waals surface area (Å²) in [5.41, 5.74) is 6.95. The van der Waals surface area contributed by atoms with Gasteiger partial charge in [0.05, 0.1) is 17.4 Å². The van der Waals surface area contributed by atoms with Crippen LogP contribution in [0.4, 0.5) is 11.6 Å². The van der Waals surface area contributed by atoms with Gasteiger partial charge in [-0.25, -0.2) is 9.31 Å².